The molecule has 0 atom stereocenters. The van der Waals surface area contributed by atoms with Crippen molar-refractivity contribution in [1.29, 1.82) is 0 Å². The number of hydrogen-bond acceptors (Lipinski definition) is 5. The quantitative estimate of drug-likeness (QED) is 0.749. The number of rotatable bonds is 4. The lowest BCUT2D eigenvalue weighted by molar-refractivity contribution is -0.141. The molecule has 0 unspecified atom stereocenters. The summed E-state index contributed by atoms with van der Waals surface area (Å²) in [5.74, 6) is -0.717. The number of pyridine rings is 1. The van der Waals surface area contributed by atoms with E-state index in [1.54, 1.807) is 18.2 Å². The summed E-state index contributed by atoms with van der Waals surface area (Å²) < 4.78 is 39.6. The van der Waals surface area contributed by atoms with Gasteiger partial charge in [0.15, 0.2) is 0 Å². The molecule has 3 aromatic rings. The number of nitrogens with one attached hydrogen (secondary N) is 1. The van der Waals surface area contributed by atoms with Gasteiger partial charge in [-0.05, 0) is 25.1 Å². The first-order chi connectivity index (χ1) is 12.8. The van der Waals surface area contributed by atoms with E-state index in [1.807, 2.05) is 0 Å². The molecule has 0 aliphatic rings. The van der Waals surface area contributed by atoms with Gasteiger partial charge in [0, 0.05) is 31.1 Å². The van der Waals surface area contributed by atoms with Gasteiger partial charge < -0.3 is 5.32 Å². The van der Waals surface area contributed by atoms with Crippen LogP contribution in [0.2, 0.25) is 0 Å². The molecular weight excluding hydrogens is 363 g/mol. The number of alkyl halides is 3. The molecule has 3 rings (SSSR count). The molecule has 140 valence electrons. The zero-order valence-electron chi connectivity index (χ0n) is 14.1. The molecule has 0 saturated carbocycles. The van der Waals surface area contributed by atoms with Crippen molar-refractivity contribution in [1.82, 2.24) is 24.7 Å². The zero-order chi connectivity index (χ0) is 19.6. The van der Waals surface area contributed by atoms with Crippen LogP contribution in [-0.2, 0) is 12.6 Å². The van der Waals surface area contributed by atoms with Crippen molar-refractivity contribution < 1.29 is 18.0 Å². The Bertz CT molecular complexity index is 1060. The second-order valence-electron chi connectivity index (χ2n) is 5.72. The Balaban J connectivity index is 1.71. The van der Waals surface area contributed by atoms with Crippen molar-refractivity contribution in [2.24, 2.45) is 0 Å². The number of carbonyl (C=O) groups excluding carboxylic acids is 1. The molecule has 0 saturated heterocycles. The molecule has 0 aromatic carbocycles. The van der Waals surface area contributed by atoms with Crippen molar-refractivity contribution >= 4 is 11.6 Å². The van der Waals surface area contributed by atoms with E-state index in [0.717, 1.165) is 12.3 Å². The predicted molar refractivity (Wildman–Crippen MR) is 89.3 cm³/mol. The number of halogens is 3. The third kappa shape index (κ3) is 4.10. The SMILES string of the molecule is Cc1cc(C(F)(F)F)nc(CCNC(=O)c2cnc3ccccn3c2=O)n1. The predicted octanol–water partition coefficient (Wildman–Crippen LogP) is 1.78. The minimum Gasteiger partial charge on any atom is -0.351 e. The van der Waals surface area contributed by atoms with Crippen molar-refractivity contribution in [3.63, 3.8) is 0 Å². The monoisotopic (exact) mass is 377 g/mol. The molecule has 0 aliphatic carbocycles. The number of aromatic nitrogens is 4. The highest BCUT2D eigenvalue weighted by atomic mass is 19.4. The molecule has 0 fully saturated rings. The van der Waals surface area contributed by atoms with Crippen molar-refractivity contribution in [3.05, 3.63) is 69.8 Å². The summed E-state index contributed by atoms with van der Waals surface area (Å²) in [6, 6.07) is 5.81. The summed E-state index contributed by atoms with van der Waals surface area (Å²) >= 11 is 0. The van der Waals surface area contributed by atoms with Gasteiger partial charge in [0.05, 0.1) is 0 Å². The molecule has 0 aliphatic heterocycles. The zero-order valence-corrected chi connectivity index (χ0v) is 14.1. The van der Waals surface area contributed by atoms with Crippen LogP contribution in [0.25, 0.3) is 5.65 Å². The van der Waals surface area contributed by atoms with Crippen LogP contribution in [0.3, 0.4) is 0 Å². The van der Waals surface area contributed by atoms with Crippen LogP contribution in [0.4, 0.5) is 13.2 Å². The first-order valence-electron chi connectivity index (χ1n) is 7.92. The molecule has 10 heteroatoms. The molecule has 1 N–H and O–H groups in total. The van der Waals surface area contributed by atoms with Gasteiger partial charge >= 0.3 is 6.18 Å². The highest BCUT2D eigenvalue weighted by Crippen LogP contribution is 2.27. The normalized spacial score (nSPS) is 11.6. The van der Waals surface area contributed by atoms with Gasteiger partial charge in [-0.15, -0.1) is 0 Å². The van der Waals surface area contributed by atoms with Gasteiger partial charge in [0.1, 0.15) is 22.7 Å². The Hall–Kier alpha value is -3.30. The van der Waals surface area contributed by atoms with Crippen LogP contribution in [0.15, 0.2) is 41.5 Å². The Morgan fingerprint density at radius 3 is 2.78 bits per heavy atom. The third-order valence-electron chi connectivity index (χ3n) is 3.68. The summed E-state index contributed by atoms with van der Waals surface area (Å²) in [7, 11) is 0. The van der Waals surface area contributed by atoms with E-state index in [9.17, 15) is 22.8 Å². The summed E-state index contributed by atoms with van der Waals surface area (Å²) in [6.45, 7) is 1.40. The fraction of sp³-hybridized carbons (Fsp3) is 0.235. The second-order valence-corrected chi connectivity index (χ2v) is 5.72. The maximum absolute atomic E-state index is 12.8. The summed E-state index contributed by atoms with van der Waals surface area (Å²) in [5.41, 5.74) is -1.17. The van der Waals surface area contributed by atoms with E-state index in [4.69, 9.17) is 0 Å². The largest absolute Gasteiger partial charge is 0.433 e. The van der Waals surface area contributed by atoms with E-state index in [1.165, 1.54) is 17.5 Å². The molecule has 0 spiro atoms. The van der Waals surface area contributed by atoms with Crippen LogP contribution in [0.1, 0.15) is 27.6 Å². The number of hydrogen-bond donors (Lipinski definition) is 1. The number of aryl methyl sites for hydroxylation is 1. The van der Waals surface area contributed by atoms with Crippen LogP contribution in [0.5, 0.6) is 0 Å². The fourth-order valence-corrected chi connectivity index (χ4v) is 2.45. The van der Waals surface area contributed by atoms with Gasteiger partial charge in [-0.1, -0.05) is 6.07 Å². The van der Waals surface area contributed by atoms with E-state index in [2.05, 4.69) is 20.3 Å². The van der Waals surface area contributed by atoms with Crippen LogP contribution in [0, 0.1) is 6.92 Å². The van der Waals surface area contributed by atoms with Crippen molar-refractivity contribution in [3.8, 4) is 0 Å². The number of fused-ring (bicyclic) bond motifs is 1. The summed E-state index contributed by atoms with van der Waals surface area (Å²) in [5, 5.41) is 2.48. The molecule has 3 aromatic heterocycles. The average Bonchev–Trinajstić information content (AvgIpc) is 2.61. The average molecular weight is 377 g/mol. The van der Waals surface area contributed by atoms with E-state index in [0.29, 0.717) is 5.65 Å². The molecule has 1 amide bonds. The highest BCUT2D eigenvalue weighted by Gasteiger charge is 2.33. The van der Waals surface area contributed by atoms with Crippen LogP contribution in [-0.4, -0.2) is 31.8 Å². The maximum Gasteiger partial charge on any atom is 0.433 e. The fourth-order valence-electron chi connectivity index (χ4n) is 2.45. The molecule has 0 bridgehead atoms. The second kappa shape index (κ2) is 7.14. The lowest BCUT2D eigenvalue weighted by Crippen LogP contribution is -2.33. The third-order valence-corrected chi connectivity index (χ3v) is 3.68. The number of amides is 1. The smallest absolute Gasteiger partial charge is 0.351 e. The molecule has 27 heavy (non-hydrogen) atoms. The first kappa shape index (κ1) is 18.5. The molecule has 7 nitrogen and oxygen atoms in total. The topological polar surface area (TPSA) is 89.3 Å². The van der Waals surface area contributed by atoms with E-state index >= 15 is 0 Å². The molecule has 3 heterocycles. The van der Waals surface area contributed by atoms with Gasteiger partial charge in [-0.25, -0.2) is 15.0 Å². The Kier molecular flexibility index (Phi) is 4.89. The lowest BCUT2D eigenvalue weighted by Gasteiger charge is -2.09. The van der Waals surface area contributed by atoms with E-state index < -0.39 is 23.3 Å². The van der Waals surface area contributed by atoms with Crippen molar-refractivity contribution in [2.45, 2.75) is 19.5 Å². The van der Waals surface area contributed by atoms with Gasteiger partial charge in [-0.3, -0.25) is 14.0 Å². The number of carbonyl (C=O) groups is 1. The Labute approximate surface area is 150 Å². The standard InChI is InChI=1S/C17H14F3N5O2/c1-10-8-12(17(18,19)20)24-13(23-10)5-6-21-15(26)11-9-22-14-4-2-3-7-25(14)16(11)27/h2-4,7-9H,5-6H2,1H3,(H,21,26). The minimum absolute atomic E-state index is 0.0150. The summed E-state index contributed by atoms with van der Waals surface area (Å²) in [4.78, 5) is 36.0. The first-order valence-corrected chi connectivity index (χ1v) is 7.92. The van der Waals surface area contributed by atoms with E-state index in [-0.39, 0.29) is 30.0 Å². The minimum atomic E-state index is -4.57. The molecular formula is C17H14F3N5O2. The lowest BCUT2D eigenvalue weighted by atomic mass is 10.2. The molecule has 0 radical (unpaired) electrons. The maximum atomic E-state index is 12.8. The summed E-state index contributed by atoms with van der Waals surface area (Å²) in [6.07, 6.45) is -1.94. The van der Waals surface area contributed by atoms with Gasteiger partial charge in [-0.2, -0.15) is 13.2 Å². The van der Waals surface area contributed by atoms with Crippen LogP contribution < -0.4 is 10.9 Å². The Morgan fingerprint density at radius 1 is 1.26 bits per heavy atom. The van der Waals surface area contributed by atoms with Gasteiger partial charge in [0.25, 0.3) is 11.5 Å². The van der Waals surface area contributed by atoms with Crippen LogP contribution >= 0.6 is 0 Å². The van der Waals surface area contributed by atoms with Crippen molar-refractivity contribution in [2.75, 3.05) is 6.54 Å². The highest BCUT2D eigenvalue weighted by molar-refractivity contribution is 5.93. The number of nitrogens with zero attached hydrogens (tertiary/aromatic N) is 4. The van der Waals surface area contributed by atoms with Gasteiger partial charge in [0.2, 0.25) is 0 Å². The Morgan fingerprint density at radius 2 is 2.04 bits per heavy atom.